The van der Waals surface area contributed by atoms with Crippen LogP contribution in [-0.2, 0) is 9.84 Å². The smallest absolute Gasteiger partial charge is 0.276 e. The minimum Gasteiger partial charge on any atom is -0.336 e. The molecule has 1 aromatic heterocycles. The quantitative estimate of drug-likeness (QED) is 0.762. The molecule has 1 atom stereocenters. The van der Waals surface area contributed by atoms with Gasteiger partial charge in [-0.25, -0.2) is 8.42 Å². The normalized spacial score (nSPS) is 22.6. The lowest BCUT2D eigenvalue weighted by molar-refractivity contribution is 0.0741. The molecule has 0 bridgehead atoms. The van der Waals surface area contributed by atoms with Crippen LogP contribution in [0.5, 0.6) is 0 Å². The molecular weight excluding hydrogens is 244 g/mol. The SMILES string of the molecule is Cc1n[nH]nc1C(=O)N(C)C1CCS(=O)(=O)C1. The van der Waals surface area contributed by atoms with Crippen molar-refractivity contribution in [2.45, 2.75) is 19.4 Å². The summed E-state index contributed by atoms with van der Waals surface area (Å²) in [7, 11) is -1.39. The monoisotopic (exact) mass is 258 g/mol. The van der Waals surface area contributed by atoms with E-state index in [0.29, 0.717) is 12.1 Å². The molecular formula is C9H14N4O3S. The average molecular weight is 258 g/mol. The van der Waals surface area contributed by atoms with Gasteiger partial charge in [-0.05, 0) is 13.3 Å². The van der Waals surface area contributed by atoms with Crippen molar-refractivity contribution in [2.24, 2.45) is 0 Å². The minimum atomic E-state index is -2.99. The van der Waals surface area contributed by atoms with E-state index < -0.39 is 9.84 Å². The Kier molecular flexibility index (Phi) is 2.90. The highest BCUT2D eigenvalue weighted by atomic mass is 32.2. The molecule has 2 rings (SSSR count). The first kappa shape index (κ1) is 12.0. The molecule has 0 aromatic carbocycles. The third kappa shape index (κ3) is 2.31. The van der Waals surface area contributed by atoms with E-state index >= 15 is 0 Å². The van der Waals surface area contributed by atoms with Crippen LogP contribution in [0.4, 0.5) is 0 Å². The Morgan fingerprint density at radius 1 is 1.47 bits per heavy atom. The van der Waals surface area contributed by atoms with E-state index in [1.807, 2.05) is 0 Å². The van der Waals surface area contributed by atoms with Gasteiger partial charge < -0.3 is 4.90 Å². The van der Waals surface area contributed by atoms with E-state index in [-0.39, 0.29) is 29.1 Å². The molecule has 8 heteroatoms. The van der Waals surface area contributed by atoms with E-state index in [1.54, 1.807) is 14.0 Å². The van der Waals surface area contributed by atoms with Crippen molar-refractivity contribution < 1.29 is 13.2 Å². The standard InChI is InChI=1S/C9H14N4O3S/c1-6-8(11-12-10-6)9(14)13(2)7-3-4-17(15,16)5-7/h7H,3-5H2,1-2H3,(H,10,11,12). The van der Waals surface area contributed by atoms with Gasteiger partial charge in [0.2, 0.25) is 0 Å². The third-order valence-electron chi connectivity index (χ3n) is 3.00. The zero-order valence-corrected chi connectivity index (χ0v) is 10.5. The Bertz CT molecular complexity index is 536. The number of aromatic nitrogens is 3. The molecule has 0 saturated carbocycles. The van der Waals surface area contributed by atoms with Crippen LogP contribution < -0.4 is 0 Å². The number of hydrogen-bond donors (Lipinski definition) is 1. The number of nitrogens with one attached hydrogen (secondary N) is 1. The van der Waals surface area contributed by atoms with Crippen molar-refractivity contribution in [1.82, 2.24) is 20.3 Å². The molecule has 1 fully saturated rings. The summed E-state index contributed by atoms with van der Waals surface area (Å²) in [5, 5.41) is 9.92. The number of carbonyl (C=O) groups excluding carboxylic acids is 1. The Hall–Kier alpha value is -1.44. The third-order valence-corrected chi connectivity index (χ3v) is 4.75. The largest absolute Gasteiger partial charge is 0.336 e. The van der Waals surface area contributed by atoms with E-state index in [9.17, 15) is 13.2 Å². The number of amides is 1. The summed E-state index contributed by atoms with van der Waals surface area (Å²) >= 11 is 0. The maximum absolute atomic E-state index is 12.0. The van der Waals surface area contributed by atoms with E-state index in [4.69, 9.17) is 0 Å². The number of sulfone groups is 1. The van der Waals surface area contributed by atoms with Crippen molar-refractivity contribution in [3.8, 4) is 0 Å². The molecule has 1 aliphatic rings. The van der Waals surface area contributed by atoms with Crippen LogP contribution in [0.1, 0.15) is 22.6 Å². The average Bonchev–Trinajstić information content (AvgIpc) is 2.82. The van der Waals surface area contributed by atoms with Crippen LogP contribution >= 0.6 is 0 Å². The summed E-state index contributed by atoms with van der Waals surface area (Å²) in [6.45, 7) is 1.68. The van der Waals surface area contributed by atoms with Gasteiger partial charge in [-0.15, -0.1) is 0 Å². The van der Waals surface area contributed by atoms with Gasteiger partial charge in [-0.2, -0.15) is 15.4 Å². The topological polar surface area (TPSA) is 96.0 Å². The van der Waals surface area contributed by atoms with Crippen LogP contribution in [0, 0.1) is 6.92 Å². The van der Waals surface area contributed by atoms with Gasteiger partial charge in [0.15, 0.2) is 15.5 Å². The number of nitrogens with zero attached hydrogens (tertiary/aromatic N) is 3. The van der Waals surface area contributed by atoms with Gasteiger partial charge in [0, 0.05) is 13.1 Å². The van der Waals surface area contributed by atoms with Gasteiger partial charge in [0.25, 0.3) is 5.91 Å². The number of rotatable bonds is 2. The highest BCUT2D eigenvalue weighted by Gasteiger charge is 2.34. The van der Waals surface area contributed by atoms with Crippen LogP contribution in [-0.4, -0.2) is 59.2 Å². The van der Waals surface area contributed by atoms with E-state index in [2.05, 4.69) is 15.4 Å². The molecule has 0 spiro atoms. The first-order chi connectivity index (χ1) is 7.91. The molecule has 0 aliphatic carbocycles. The second-order valence-corrected chi connectivity index (χ2v) is 6.46. The molecule has 7 nitrogen and oxygen atoms in total. The van der Waals surface area contributed by atoms with Gasteiger partial charge in [0.1, 0.15) is 0 Å². The number of carbonyl (C=O) groups is 1. The zero-order valence-electron chi connectivity index (χ0n) is 9.67. The molecule has 0 radical (unpaired) electrons. The number of hydrogen-bond acceptors (Lipinski definition) is 5. The Balaban J connectivity index is 2.14. The summed E-state index contributed by atoms with van der Waals surface area (Å²) in [5.74, 6) is -0.113. The molecule has 17 heavy (non-hydrogen) atoms. The first-order valence-electron chi connectivity index (χ1n) is 5.25. The highest BCUT2D eigenvalue weighted by Crippen LogP contribution is 2.18. The fourth-order valence-electron chi connectivity index (χ4n) is 1.90. The van der Waals surface area contributed by atoms with Crippen molar-refractivity contribution in [2.75, 3.05) is 18.6 Å². The van der Waals surface area contributed by atoms with Crippen LogP contribution in [0.2, 0.25) is 0 Å². The molecule has 1 amide bonds. The molecule has 1 aliphatic heterocycles. The van der Waals surface area contributed by atoms with Gasteiger partial charge >= 0.3 is 0 Å². The summed E-state index contributed by atoms with van der Waals surface area (Å²) in [6, 6.07) is -0.261. The van der Waals surface area contributed by atoms with Gasteiger partial charge in [-0.3, -0.25) is 4.79 Å². The second-order valence-electron chi connectivity index (χ2n) is 4.23. The lowest BCUT2D eigenvalue weighted by atomic mass is 10.2. The molecule has 1 aromatic rings. The Morgan fingerprint density at radius 3 is 2.65 bits per heavy atom. The lowest BCUT2D eigenvalue weighted by Crippen LogP contribution is -2.38. The van der Waals surface area contributed by atoms with Crippen LogP contribution in [0.3, 0.4) is 0 Å². The maximum atomic E-state index is 12.0. The fourth-order valence-corrected chi connectivity index (χ4v) is 3.67. The predicted octanol–water partition coefficient (Wildman–Crippen LogP) is -0.628. The van der Waals surface area contributed by atoms with Crippen LogP contribution in [0.15, 0.2) is 0 Å². The second kappa shape index (κ2) is 4.10. The number of aryl methyl sites for hydroxylation is 1. The summed E-state index contributed by atoms with van der Waals surface area (Å²) in [4.78, 5) is 13.5. The first-order valence-corrected chi connectivity index (χ1v) is 7.08. The lowest BCUT2D eigenvalue weighted by Gasteiger charge is -2.22. The summed E-state index contributed by atoms with van der Waals surface area (Å²) in [5.41, 5.74) is 0.763. The molecule has 1 N–H and O–H groups in total. The van der Waals surface area contributed by atoms with Crippen molar-refractivity contribution >= 4 is 15.7 Å². The van der Waals surface area contributed by atoms with Crippen molar-refractivity contribution in [1.29, 1.82) is 0 Å². The van der Waals surface area contributed by atoms with Crippen molar-refractivity contribution in [3.05, 3.63) is 11.4 Å². The highest BCUT2D eigenvalue weighted by molar-refractivity contribution is 7.91. The molecule has 94 valence electrons. The van der Waals surface area contributed by atoms with Gasteiger partial charge in [-0.1, -0.05) is 0 Å². The molecule has 1 saturated heterocycles. The number of H-pyrrole nitrogens is 1. The number of aromatic amines is 1. The Labute approximate surface area is 99.1 Å². The minimum absolute atomic E-state index is 0.0339. The van der Waals surface area contributed by atoms with Crippen molar-refractivity contribution in [3.63, 3.8) is 0 Å². The van der Waals surface area contributed by atoms with E-state index in [1.165, 1.54) is 4.90 Å². The summed E-state index contributed by atoms with van der Waals surface area (Å²) < 4.78 is 22.7. The summed E-state index contributed by atoms with van der Waals surface area (Å²) in [6.07, 6.45) is 0.488. The predicted molar refractivity (Wildman–Crippen MR) is 60.3 cm³/mol. The van der Waals surface area contributed by atoms with E-state index in [0.717, 1.165) is 0 Å². The molecule has 1 unspecified atom stereocenters. The zero-order chi connectivity index (χ0) is 12.6. The maximum Gasteiger partial charge on any atom is 0.276 e. The Morgan fingerprint density at radius 2 is 2.18 bits per heavy atom. The fraction of sp³-hybridized carbons (Fsp3) is 0.667. The van der Waals surface area contributed by atoms with Crippen LogP contribution in [0.25, 0.3) is 0 Å². The van der Waals surface area contributed by atoms with Gasteiger partial charge in [0.05, 0.1) is 17.2 Å². The molecule has 2 heterocycles.